The molecule has 0 aromatic carbocycles. The smallest absolute Gasteiger partial charge is 0.238 e. The zero-order chi connectivity index (χ0) is 10.0. The van der Waals surface area contributed by atoms with Gasteiger partial charge in [-0.2, -0.15) is 11.8 Å². The number of carbonyl (C=O) groups is 1. The third-order valence-corrected chi connectivity index (χ3v) is 4.09. The van der Waals surface area contributed by atoms with Gasteiger partial charge < -0.3 is 10.6 Å². The summed E-state index contributed by atoms with van der Waals surface area (Å²) < 4.78 is 0. The fourth-order valence-electron chi connectivity index (χ4n) is 1.55. The molecule has 2 fully saturated rings. The van der Waals surface area contributed by atoms with Crippen molar-refractivity contribution in [2.75, 3.05) is 24.6 Å². The topological polar surface area (TPSA) is 41.1 Å². The van der Waals surface area contributed by atoms with E-state index in [2.05, 4.69) is 17.6 Å². The minimum Gasteiger partial charge on any atom is -0.354 e. The van der Waals surface area contributed by atoms with Gasteiger partial charge in [-0.25, -0.2) is 0 Å². The molecule has 1 aliphatic carbocycles. The maximum Gasteiger partial charge on any atom is 0.238 e. The predicted octanol–water partition coefficient (Wildman–Crippen LogP) is 0.608. The average Bonchev–Trinajstić information content (AvgIpc) is 2.95. The average molecular weight is 214 g/mol. The molecule has 1 amide bonds. The number of hydrogen-bond acceptors (Lipinski definition) is 3. The first-order valence-corrected chi connectivity index (χ1v) is 6.44. The Labute approximate surface area is 89.4 Å². The molecule has 1 unspecified atom stereocenters. The summed E-state index contributed by atoms with van der Waals surface area (Å²) in [7, 11) is 0. The van der Waals surface area contributed by atoms with Gasteiger partial charge in [0, 0.05) is 24.6 Å². The van der Waals surface area contributed by atoms with E-state index in [-0.39, 0.29) is 11.9 Å². The van der Waals surface area contributed by atoms with Crippen LogP contribution in [0.1, 0.15) is 19.8 Å². The summed E-state index contributed by atoms with van der Waals surface area (Å²) >= 11 is 1.86. The Morgan fingerprint density at radius 3 is 3.00 bits per heavy atom. The van der Waals surface area contributed by atoms with Crippen LogP contribution in [-0.4, -0.2) is 36.5 Å². The minimum absolute atomic E-state index is 0.0381. The molecule has 80 valence electrons. The first-order chi connectivity index (χ1) is 6.70. The first-order valence-electron chi connectivity index (χ1n) is 5.28. The molecule has 0 bridgehead atoms. The summed E-state index contributed by atoms with van der Waals surface area (Å²) in [4.78, 5) is 11.7. The number of thioether (sulfide) groups is 1. The number of carbonyl (C=O) groups excluding carboxylic acids is 1. The van der Waals surface area contributed by atoms with Gasteiger partial charge in [0.25, 0.3) is 0 Å². The Balaban J connectivity index is 1.71. The quantitative estimate of drug-likeness (QED) is 0.723. The van der Waals surface area contributed by atoms with Crippen molar-refractivity contribution in [2.24, 2.45) is 5.41 Å². The van der Waals surface area contributed by atoms with E-state index < -0.39 is 0 Å². The first kappa shape index (κ1) is 10.3. The Morgan fingerprint density at radius 1 is 1.64 bits per heavy atom. The van der Waals surface area contributed by atoms with Gasteiger partial charge in [0.15, 0.2) is 0 Å². The Bertz CT molecular complexity index is 222. The molecule has 1 heterocycles. The fraction of sp³-hybridized carbons (Fsp3) is 0.900. The Hall–Kier alpha value is -0.220. The van der Waals surface area contributed by atoms with Crippen LogP contribution >= 0.6 is 11.8 Å². The van der Waals surface area contributed by atoms with Crippen molar-refractivity contribution in [1.29, 1.82) is 0 Å². The second-order valence-electron chi connectivity index (χ2n) is 4.61. The highest BCUT2D eigenvalue weighted by atomic mass is 32.2. The van der Waals surface area contributed by atoms with Gasteiger partial charge in [0.1, 0.15) is 0 Å². The van der Waals surface area contributed by atoms with Crippen LogP contribution in [0.5, 0.6) is 0 Å². The molecule has 0 spiro atoms. The standard InChI is InChI=1S/C10H18N2OS/c1-10(2-3-10)7-12-9(13)8-6-14-5-4-11-8/h8,11H,2-7H2,1H3,(H,12,13). The molecule has 1 saturated heterocycles. The van der Waals surface area contributed by atoms with Crippen molar-refractivity contribution in [3.8, 4) is 0 Å². The van der Waals surface area contributed by atoms with Gasteiger partial charge >= 0.3 is 0 Å². The second kappa shape index (κ2) is 4.11. The lowest BCUT2D eigenvalue weighted by Gasteiger charge is -2.23. The Kier molecular flexibility index (Phi) is 3.02. The molecule has 1 atom stereocenters. The van der Waals surface area contributed by atoms with Crippen molar-refractivity contribution in [3.05, 3.63) is 0 Å². The van der Waals surface area contributed by atoms with E-state index in [4.69, 9.17) is 0 Å². The molecule has 14 heavy (non-hydrogen) atoms. The van der Waals surface area contributed by atoms with E-state index in [0.717, 1.165) is 24.6 Å². The van der Waals surface area contributed by atoms with Crippen LogP contribution in [0.4, 0.5) is 0 Å². The highest BCUT2D eigenvalue weighted by molar-refractivity contribution is 7.99. The summed E-state index contributed by atoms with van der Waals surface area (Å²) in [5, 5.41) is 6.28. The highest BCUT2D eigenvalue weighted by Crippen LogP contribution is 2.44. The molecule has 4 heteroatoms. The summed E-state index contributed by atoms with van der Waals surface area (Å²) in [6.07, 6.45) is 2.53. The molecular weight excluding hydrogens is 196 g/mol. The third kappa shape index (κ3) is 2.64. The van der Waals surface area contributed by atoms with Crippen LogP contribution < -0.4 is 10.6 Å². The van der Waals surface area contributed by atoms with E-state index in [0.29, 0.717) is 5.41 Å². The van der Waals surface area contributed by atoms with Crippen molar-refractivity contribution < 1.29 is 4.79 Å². The van der Waals surface area contributed by atoms with Crippen LogP contribution in [0.15, 0.2) is 0 Å². The van der Waals surface area contributed by atoms with Gasteiger partial charge in [0.2, 0.25) is 5.91 Å². The molecule has 0 aromatic rings. The monoisotopic (exact) mass is 214 g/mol. The SMILES string of the molecule is CC1(CNC(=O)C2CSCCN2)CC1. The number of rotatable bonds is 3. The maximum absolute atomic E-state index is 11.7. The molecular formula is C10H18N2OS. The zero-order valence-electron chi connectivity index (χ0n) is 8.64. The van der Waals surface area contributed by atoms with E-state index in [1.807, 2.05) is 11.8 Å². The lowest BCUT2D eigenvalue weighted by molar-refractivity contribution is -0.122. The summed E-state index contributed by atoms with van der Waals surface area (Å²) in [6, 6.07) is 0.0381. The van der Waals surface area contributed by atoms with Crippen molar-refractivity contribution in [3.63, 3.8) is 0 Å². The summed E-state index contributed by atoms with van der Waals surface area (Å²) in [5.41, 5.74) is 0.414. The lowest BCUT2D eigenvalue weighted by Crippen LogP contribution is -2.49. The zero-order valence-corrected chi connectivity index (χ0v) is 9.45. The van der Waals surface area contributed by atoms with Gasteiger partial charge in [-0.15, -0.1) is 0 Å². The molecule has 2 aliphatic rings. The van der Waals surface area contributed by atoms with Gasteiger partial charge in [0.05, 0.1) is 6.04 Å². The van der Waals surface area contributed by atoms with Crippen molar-refractivity contribution >= 4 is 17.7 Å². The molecule has 0 radical (unpaired) electrons. The van der Waals surface area contributed by atoms with Crippen molar-refractivity contribution in [2.45, 2.75) is 25.8 Å². The second-order valence-corrected chi connectivity index (χ2v) is 5.76. The molecule has 0 aromatic heterocycles. The van der Waals surface area contributed by atoms with Gasteiger partial charge in [-0.3, -0.25) is 4.79 Å². The molecule has 3 nitrogen and oxygen atoms in total. The third-order valence-electron chi connectivity index (χ3n) is 3.03. The van der Waals surface area contributed by atoms with Gasteiger partial charge in [-0.1, -0.05) is 6.92 Å². The number of hydrogen-bond donors (Lipinski definition) is 2. The molecule has 1 aliphatic heterocycles. The van der Waals surface area contributed by atoms with E-state index in [9.17, 15) is 4.79 Å². The van der Waals surface area contributed by atoms with Crippen LogP contribution in [0.25, 0.3) is 0 Å². The van der Waals surface area contributed by atoms with E-state index in [1.165, 1.54) is 12.8 Å². The van der Waals surface area contributed by atoms with Crippen LogP contribution in [0.2, 0.25) is 0 Å². The number of amides is 1. The lowest BCUT2D eigenvalue weighted by atomic mass is 10.1. The van der Waals surface area contributed by atoms with Crippen LogP contribution in [0.3, 0.4) is 0 Å². The number of nitrogens with one attached hydrogen (secondary N) is 2. The maximum atomic E-state index is 11.7. The molecule has 1 saturated carbocycles. The fourth-order valence-corrected chi connectivity index (χ4v) is 2.48. The van der Waals surface area contributed by atoms with Gasteiger partial charge in [-0.05, 0) is 18.3 Å². The minimum atomic E-state index is 0.0381. The Morgan fingerprint density at radius 2 is 2.43 bits per heavy atom. The predicted molar refractivity (Wildman–Crippen MR) is 59.5 cm³/mol. The van der Waals surface area contributed by atoms with Crippen LogP contribution in [0, 0.1) is 5.41 Å². The normalized spacial score (nSPS) is 29.6. The van der Waals surface area contributed by atoms with E-state index in [1.54, 1.807) is 0 Å². The highest BCUT2D eigenvalue weighted by Gasteiger charge is 2.37. The van der Waals surface area contributed by atoms with E-state index >= 15 is 0 Å². The largest absolute Gasteiger partial charge is 0.354 e. The molecule has 2 rings (SSSR count). The molecule has 2 N–H and O–H groups in total. The van der Waals surface area contributed by atoms with Crippen molar-refractivity contribution in [1.82, 2.24) is 10.6 Å². The van der Waals surface area contributed by atoms with Crippen LogP contribution in [-0.2, 0) is 4.79 Å². The summed E-state index contributed by atoms with van der Waals surface area (Å²) in [6.45, 7) is 4.05. The summed E-state index contributed by atoms with van der Waals surface area (Å²) in [5.74, 6) is 2.23.